The minimum Gasteiger partial charge on any atom is -0.318 e. The molecule has 54 heavy (non-hydrogen) atoms. The third-order valence-electron chi connectivity index (χ3n) is 10.2. The average Bonchev–Trinajstić information content (AvgIpc) is 3.60. The number of carbonyl (C=O) groups is 3. The van der Waals surface area contributed by atoms with E-state index in [1.165, 1.54) is 49.4 Å². The number of nitrogens with zero attached hydrogens (tertiary/aromatic N) is 4. The highest BCUT2D eigenvalue weighted by Gasteiger charge is 2.40. The summed E-state index contributed by atoms with van der Waals surface area (Å²) in [4.78, 5) is 49.3. The SMILES string of the molecule is CCCCCCC1(C)c2cc(/C(C)=N/OC(C)=O)ccc2-c2cc3c4cc(/C(C)=N/OC(C)=O)ccc4n(-c4ccc(/C(C)=N\OC(C)=O)cc4)c3cc21. The lowest BCUT2D eigenvalue weighted by molar-refractivity contribution is -0.141. The second-order valence-electron chi connectivity index (χ2n) is 14.2. The van der Waals surface area contributed by atoms with E-state index in [1.807, 2.05) is 50.2 Å². The lowest BCUT2D eigenvalue weighted by Gasteiger charge is -2.28. The summed E-state index contributed by atoms with van der Waals surface area (Å²) in [6.45, 7) is 14.0. The molecule has 0 spiro atoms. The van der Waals surface area contributed by atoms with E-state index < -0.39 is 17.9 Å². The molecule has 4 aromatic carbocycles. The molecular weight excluding hydrogens is 681 g/mol. The number of benzene rings is 4. The van der Waals surface area contributed by atoms with Gasteiger partial charge in [-0.25, -0.2) is 14.4 Å². The zero-order valence-corrected chi connectivity index (χ0v) is 32.2. The van der Waals surface area contributed by atoms with Gasteiger partial charge in [0.25, 0.3) is 0 Å². The third kappa shape index (κ3) is 7.46. The van der Waals surface area contributed by atoms with Crippen LogP contribution in [-0.2, 0) is 34.3 Å². The molecule has 10 heteroatoms. The first kappa shape index (κ1) is 37.8. The van der Waals surface area contributed by atoms with Crippen molar-refractivity contribution in [1.82, 2.24) is 4.57 Å². The van der Waals surface area contributed by atoms with E-state index in [2.05, 4.69) is 70.3 Å². The van der Waals surface area contributed by atoms with Crippen LogP contribution in [0.3, 0.4) is 0 Å². The van der Waals surface area contributed by atoms with Gasteiger partial charge in [0.1, 0.15) is 0 Å². The summed E-state index contributed by atoms with van der Waals surface area (Å²) in [6.07, 6.45) is 5.53. The fourth-order valence-corrected chi connectivity index (χ4v) is 7.44. The van der Waals surface area contributed by atoms with Gasteiger partial charge in [-0.2, -0.15) is 0 Å². The molecule has 10 nitrogen and oxygen atoms in total. The summed E-state index contributed by atoms with van der Waals surface area (Å²) in [6, 6.07) is 25.3. The Hall–Kier alpha value is -5.90. The Bertz CT molecular complexity index is 2380. The monoisotopic (exact) mass is 726 g/mol. The van der Waals surface area contributed by atoms with Crippen molar-refractivity contribution in [2.24, 2.45) is 15.5 Å². The van der Waals surface area contributed by atoms with E-state index in [-0.39, 0.29) is 5.41 Å². The van der Waals surface area contributed by atoms with Gasteiger partial charge < -0.3 is 19.1 Å². The Morgan fingerprint density at radius 3 is 1.69 bits per heavy atom. The molecule has 5 aromatic rings. The van der Waals surface area contributed by atoms with Crippen molar-refractivity contribution in [3.05, 3.63) is 101 Å². The van der Waals surface area contributed by atoms with E-state index in [0.717, 1.165) is 69.9 Å². The average molecular weight is 727 g/mol. The number of fused-ring (bicyclic) bond motifs is 6. The van der Waals surface area contributed by atoms with E-state index in [9.17, 15) is 14.4 Å². The van der Waals surface area contributed by atoms with Gasteiger partial charge in [0.05, 0.1) is 28.2 Å². The van der Waals surface area contributed by atoms with E-state index in [1.54, 1.807) is 6.92 Å². The summed E-state index contributed by atoms with van der Waals surface area (Å²) >= 11 is 0. The van der Waals surface area contributed by atoms with Crippen LogP contribution in [0.4, 0.5) is 0 Å². The molecule has 1 heterocycles. The molecule has 278 valence electrons. The zero-order valence-electron chi connectivity index (χ0n) is 32.2. The molecule has 1 aliphatic carbocycles. The molecule has 0 saturated heterocycles. The quantitative estimate of drug-likeness (QED) is 0.0546. The van der Waals surface area contributed by atoms with Gasteiger partial charge in [-0.1, -0.05) is 85.3 Å². The zero-order chi connectivity index (χ0) is 38.7. The van der Waals surface area contributed by atoms with Crippen LogP contribution < -0.4 is 0 Å². The lowest BCUT2D eigenvalue weighted by atomic mass is 9.75. The van der Waals surface area contributed by atoms with Gasteiger partial charge in [-0.05, 0) is 109 Å². The molecule has 1 unspecified atom stereocenters. The summed E-state index contributed by atoms with van der Waals surface area (Å²) < 4.78 is 2.28. The van der Waals surface area contributed by atoms with E-state index >= 15 is 0 Å². The van der Waals surface area contributed by atoms with Crippen molar-refractivity contribution in [1.29, 1.82) is 0 Å². The van der Waals surface area contributed by atoms with Crippen LogP contribution in [0, 0.1) is 0 Å². The first-order valence-electron chi connectivity index (χ1n) is 18.4. The summed E-state index contributed by atoms with van der Waals surface area (Å²) in [5.41, 5.74) is 11.9. The highest BCUT2D eigenvalue weighted by molar-refractivity contribution is 6.14. The molecule has 0 amide bonds. The Labute approximate surface area is 315 Å². The predicted molar refractivity (Wildman–Crippen MR) is 213 cm³/mol. The summed E-state index contributed by atoms with van der Waals surface area (Å²) in [5, 5.41) is 14.2. The highest BCUT2D eigenvalue weighted by atomic mass is 16.7. The van der Waals surface area contributed by atoms with Crippen LogP contribution in [0.2, 0.25) is 0 Å². The van der Waals surface area contributed by atoms with Gasteiger partial charge in [-0.15, -0.1) is 0 Å². The molecule has 0 bridgehead atoms. The fraction of sp³-hybridized carbons (Fsp3) is 0.318. The van der Waals surface area contributed by atoms with Crippen LogP contribution in [0.5, 0.6) is 0 Å². The van der Waals surface area contributed by atoms with Crippen molar-refractivity contribution in [3.8, 4) is 16.8 Å². The molecule has 0 radical (unpaired) electrons. The van der Waals surface area contributed by atoms with Crippen molar-refractivity contribution in [2.75, 3.05) is 0 Å². The Kier molecular flexibility index (Phi) is 10.9. The highest BCUT2D eigenvalue weighted by Crippen LogP contribution is 2.53. The number of carbonyl (C=O) groups excluding carboxylic acids is 3. The van der Waals surface area contributed by atoms with Gasteiger partial charge in [0.2, 0.25) is 0 Å². The number of hydrogen-bond donors (Lipinski definition) is 0. The largest absolute Gasteiger partial charge is 0.331 e. The molecule has 6 rings (SSSR count). The maximum absolute atomic E-state index is 11.5. The third-order valence-corrected chi connectivity index (χ3v) is 10.2. The Balaban J connectivity index is 1.59. The van der Waals surface area contributed by atoms with Crippen LogP contribution in [0.1, 0.15) is 115 Å². The van der Waals surface area contributed by atoms with Crippen LogP contribution >= 0.6 is 0 Å². The molecule has 1 aliphatic rings. The lowest BCUT2D eigenvalue weighted by Crippen LogP contribution is -2.21. The van der Waals surface area contributed by atoms with Crippen LogP contribution in [0.25, 0.3) is 38.6 Å². The fourth-order valence-electron chi connectivity index (χ4n) is 7.44. The van der Waals surface area contributed by atoms with Crippen molar-refractivity contribution in [3.63, 3.8) is 0 Å². The van der Waals surface area contributed by atoms with Gasteiger partial charge >= 0.3 is 17.9 Å². The first-order valence-corrected chi connectivity index (χ1v) is 18.4. The molecule has 0 N–H and O–H groups in total. The van der Waals surface area contributed by atoms with Crippen LogP contribution in [0.15, 0.2) is 88.3 Å². The van der Waals surface area contributed by atoms with E-state index in [4.69, 9.17) is 14.5 Å². The van der Waals surface area contributed by atoms with Crippen LogP contribution in [-0.4, -0.2) is 39.6 Å². The first-order chi connectivity index (χ1) is 25.8. The second kappa shape index (κ2) is 15.6. The number of hydrogen-bond acceptors (Lipinski definition) is 9. The topological polar surface area (TPSA) is 121 Å². The molecule has 0 saturated carbocycles. The summed E-state index contributed by atoms with van der Waals surface area (Å²) in [7, 11) is 0. The molecule has 0 fully saturated rings. The number of rotatable bonds is 12. The van der Waals surface area contributed by atoms with Crippen molar-refractivity contribution in [2.45, 2.75) is 92.9 Å². The normalized spacial score (nSPS) is 15.7. The second-order valence-corrected chi connectivity index (χ2v) is 14.2. The molecule has 0 aliphatic heterocycles. The minimum atomic E-state index is -0.480. The molecule has 1 atom stereocenters. The Morgan fingerprint density at radius 2 is 1.09 bits per heavy atom. The number of unbranched alkanes of at least 4 members (excludes halogenated alkanes) is 3. The smallest absolute Gasteiger partial charge is 0.318 e. The van der Waals surface area contributed by atoms with E-state index in [0.29, 0.717) is 17.1 Å². The molecular formula is C44H46N4O6. The minimum absolute atomic E-state index is 0.293. The van der Waals surface area contributed by atoms with Crippen molar-refractivity contribution < 1.29 is 28.9 Å². The number of aromatic nitrogens is 1. The van der Waals surface area contributed by atoms with Crippen molar-refractivity contribution >= 4 is 56.8 Å². The number of oxime groups is 3. The summed E-state index contributed by atoms with van der Waals surface area (Å²) in [5.74, 6) is -1.41. The maximum Gasteiger partial charge on any atom is 0.331 e. The van der Waals surface area contributed by atoms with Gasteiger partial charge in [0, 0.05) is 42.6 Å². The standard InChI is InChI=1S/C44H46N4O6/c1-9-10-11-12-21-44(8)40-23-34(28(4)47-54-31(7)51)15-19-36(40)37-24-39-38-22-33(27(3)46-53-30(6)50)16-20-42(38)48(43(39)25-41(37)44)35-17-13-32(14-18-35)26(2)45-52-29(5)49/h13-20,22-25H,9-12,21H2,1-8H3/b45-26-,46-27+,47-28+. The van der Waals surface area contributed by atoms with Gasteiger partial charge in [-0.3, -0.25) is 0 Å². The molecule has 1 aromatic heterocycles. The Morgan fingerprint density at radius 1 is 0.574 bits per heavy atom. The van der Waals surface area contributed by atoms with Gasteiger partial charge in [0.15, 0.2) is 0 Å². The predicted octanol–water partition coefficient (Wildman–Crippen LogP) is 9.90. The maximum atomic E-state index is 11.5.